The Morgan fingerprint density at radius 3 is 2.46 bits per heavy atom. The van der Waals surface area contributed by atoms with Crippen molar-refractivity contribution in [3.8, 4) is 0 Å². The Morgan fingerprint density at radius 1 is 1.11 bits per heavy atom. The van der Waals surface area contributed by atoms with E-state index in [1.165, 1.54) is 18.4 Å². The second-order valence-corrected chi connectivity index (χ2v) is 9.79. The van der Waals surface area contributed by atoms with Gasteiger partial charge in [0, 0.05) is 35.3 Å². The molecule has 2 amide bonds. The van der Waals surface area contributed by atoms with Crippen LogP contribution in [0.25, 0.3) is 0 Å². The lowest BCUT2D eigenvalue weighted by Crippen LogP contribution is -2.38. The first-order chi connectivity index (χ1) is 17.7. The summed E-state index contributed by atoms with van der Waals surface area (Å²) < 4.78 is 18.4. The van der Waals surface area contributed by atoms with Crippen LogP contribution in [0, 0.1) is 15.9 Å². The van der Waals surface area contributed by atoms with Gasteiger partial charge in [-0.3, -0.25) is 19.7 Å². The Hall–Kier alpha value is -4.12. The summed E-state index contributed by atoms with van der Waals surface area (Å²) in [6, 6.07) is 13.4. The van der Waals surface area contributed by atoms with Gasteiger partial charge in [-0.25, -0.2) is 9.18 Å². The highest BCUT2D eigenvalue weighted by molar-refractivity contribution is 7.14. The summed E-state index contributed by atoms with van der Waals surface area (Å²) in [6.45, 7) is 1.24. The highest BCUT2D eigenvalue weighted by atomic mass is 32.1. The molecule has 2 heterocycles. The Kier molecular flexibility index (Phi) is 7.92. The van der Waals surface area contributed by atoms with E-state index in [9.17, 15) is 28.9 Å². The molecular formula is C26H24FN3O6S. The topological polar surface area (TPSA) is 119 Å². The molecule has 4 rings (SSSR count). The molecule has 0 radical (unpaired) electrons. The number of rotatable bonds is 7. The van der Waals surface area contributed by atoms with Gasteiger partial charge in [0.05, 0.1) is 24.5 Å². The molecule has 0 atom stereocenters. The maximum Gasteiger partial charge on any atom is 0.348 e. The van der Waals surface area contributed by atoms with Crippen molar-refractivity contribution in [1.82, 2.24) is 4.90 Å². The van der Waals surface area contributed by atoms with Gasteiger partial charge in [-0.15, -0.1) is 11.3 Å². The van der Waals surface area contributed by atoms with Crippen molar-refractivity contribution >= 4 is 40.5 Å². The van der Waals surface area contributed by atoms with Crippen LogP contribution in [-0.4, -0.2) is 47.8 Å². The molecule has 0 saturated carbocycles. The number of thiophene rings is 1. The fraction of sp³-hybridized carbons (Fsp3) is 0.269. The first kappa shape index (κ1) is 26.0. The van der Waals surface area contributed by atoms with E-state index in [1.54, 1.807) is 24.3 Å². The molecule has 37 heavy (non-hydrogen) atoms. The van der Waals surface area contributed by atoms with Gasteiger partial charge in [-0.2, -0.15) is 0 Å². The van der Waals surface area contributed by atoms with E-state index in [4.69, 9.17) is 4.74 Å². The van der Waals surface area contributed by atoms with Gasteiger partial charge in [0.2, 0.25) is 5.91 Å². The third-order valence-corrected chi connectivity index (χ3v) is 7.28. The van der Waals surface area contributed by atoms with Gasteiger partial charge in [-0.05, 0) is 54.7 Å². The van der Waals surface area contributed by atoms with Gasteiger partial charge in [0.1, 0.15) is 10.7 Å². The van der Waals surface area contributed by atoms with Crippen molar-refractivity contribution in [1.29, 1.82) is 0 Å². The lowest BCUT2D eigenvalue weighted by molar-refractivity contribution is -0.385. The van der Waals surface area contributed by atoms with E-state index in [0.717, 1.165) is 41.5 Å². The molecule has 1 aromatic heterocycles. The second kappa shape index (κ2) is 11.3. The van der Waals surface area contributed by atoms with Crippen LogP contribution >= 0.6 is 11.3 Å². The number of hydrogen-bond donors (Lipinski definition) is 1. The fourth-order valence-electron chi connectivity index (χ4n) is 4.26. The molecule has 3 aromatic rings. The average molecular weight is 526 g/mol. The Labute approximate surface area is 216 Å². The summed E-state index contributed by atoms with van der Waals surface area (Å²) >= 11 is 1.26. The molecule has 0 aliphatic carbocycles. The molecule has 11 heteroatoms. The van der Waals surface area contributed by atoms with Crippen LogP contribution in [0.15, 0.2) is 54.6 Å². The minimum atomic E-state index is -0.860. The fourth-order valence-corrected chi connectivity index (χ4v) is 5.18. The number of nitrogens with zero attached hydrogens (tertiary/aromatic N) is 2. The molecule has 1 aliphatic heterocycles. The van der Waals surface area contributed by atoms with E-state index < -0.39 is 28.3 Å². The number of piperidine rings is 1. The molecule has 192 valence electrons. The number of non-ortho nitro benzene ring substituents is 1. The first-order valence-electron chi connectivity index (χ1n) is 11.5. The molecule has 1 aliphatic rings. The molecular weight excluding hydrogens is 501 g/mol. The number of likely N-dealkylation sites (tertiary alicyclic amines) is 1. The smallest absolute Gasteiger partial charge is 0.348 e. The number of nitrogens with one attached hydrogen (secondary N) is 1. The molecule has 1 fully saturated rings. The summed E-state index contributed by atoms with van der Waals surface area (Å²) in [5, 5.41) is 13.5. The third kappa shape index (κ3) is 6.36. The zero-order valence-corrected chi connectivity index (χ0v) is 20.8. The van der Waals surface area contributed by atoms with Crippen LogP contribution in [0.1, 0.15) is 49.2 Å². The summed E-state index contributed by atoms with van der Waals surface area (Å²) in [6.07, 6.45) is 1.83. The molecule has 0 bridgehead atoms. The first-order valence-corrected chi connectivity index (χ1v) is 12.4. The molecule has 1 N–H and O–H groups in total. The number of esters is 1. The van der Waals surface area contributed by atoms with Crippen molar-refractivity contribution in [2.75, 3.05) is 25.5 Å². The molecule has 2 aromatic carbocycles. The zero-order chi connectivity index (χ0) is 26.5. The van der Waals surface area contributed by atoms with Crippen LogP contribution in [0.2, 0.25) is 0 Å². The van der Waals surface area contributed by atoms with Gasteiger partial charge in [-0.1, -0.05) is 12.1 Å². The number of nitro groups is 1. The van der Waals surface area contributed by atoms with E-state index in [2.05, 4.69) is 5.32 Å². The number of nitro benzene ring substituents is 1. The van der Waals surface area contributed by atoms with Crippen LogP contribution < -0.4 is 5.32 Å². The number of benzene rings is 2. The average Bonchev–Trinajstić information content (AvgIpc) is 3.36. The Balaban J connectivity index is 1.30. The maximum absolute atomic E-state index is 13.7. The van der Waals surface area contributed by atoms with Crippen molar-refractivity contribution in [2.45, 2.75) is 25.2 Å². The minimum Gasteiger partial charge on any atom is -0.465 e. The summed E-state index contributed by atoms with van der Waals surface area (Å²) in [7, 11) is 1.32. The van der Waals surface area contributed by atoms with Crippen LogP contribution in [-0.2, 0) is 16.0 Å². The van der Waals surface area contributed by atoms with E-state index in [1.807, 2.05) is 17.0 Å². The highest BCUT2D eigenvalue weighted by Gasteiger charge is 2.24. The van der Waals surface area contributed by atoms with Gasteiger partial charge in [0.15, 0.2) is 0 Å². The molecule has 0 spiro atoms. The van der Waals surface area contributed by atoms with Crippen molar-refractivity contribution in [2.24, 2.45) is 0 Å². The molecule has 0 unspecified atom stereocenters. The zero-order valence-electron chi connectivity index (χ0n) is 19.9. The van der Waals surface area contributed by atoms with Gasteiger partial charge < -0.3 is 15.0 Å². The predicted molar refractivity (Wildman–Crippen MR) is 135 cm³/mol. The number of anilines is 1. The van der Waals surface area contributed by atoms with Crippen LogP contribution in [0.5, 0.6) is 0 Å². The van der Waals surface area contributed by atoms with Gasteiger partial charge in [0.25, 0.3) is 11.6 Å². The SMILES string of the molecule is COC(=O)c1ccc(CC(=O)N2CCC(c3ccc(NC(=O)c4cc(F)cc([N+](=O)[O-])c4)cc3)CC2)s1. The van der Waals surface area contributed by atoms with E-state index >= 15 is 0 Å². The van der Waals surface area contributed by atoms with Gasteiger partial charge >= 0.3 is 5.97 Å². The number of hydrogen-bond acceptors (Lipinski definition) is 7. The normalized spacial score (nSPS) is 13.7. The van der Waals surface area contributed by atoms with Crippen molar-refractivity contribution in [3.63, 3.8) is 0 Å². The third-order valence-electron chi connectivity index (χ3n) is 6.22. The Morgan fingerprint density at radius 2 is 1.81 bits per heavy atom. The number of ether oxygens (including phenoxy) is 1. The minimum absolute atomic E-state index is 0.0207. The van der Waals surface area contributed by atoms with E-state index in [-0.39, 0.29) is 23.8 Å². The number of amides is 2. The standard InChI is InChI=1S/C26H24FN3O6S/c1-36-26(33)23-7-6-22(37-23)15-24(31)29-10-8-17(9-11-29)16-2-4-20(5-3-16)28-25(32)18-12-19(27)14-21(13-18)30(34)35/h2-7,12-14,17H,8-11,15H2,1H3,(H,28,32). The quantitative estimate of drug-likeness (QED) is 0.269. The van der Waals surface area contributed by atoms with Crippen molar-refractivity contribution < 1.29 is 28.4 Å². The number of methoxy groups -OCH3 is 1. The van der Waals surface area contributed by atoms with Crippen LogP contribution in [0.4, 0.5) is 15.8 Å². The summed E-state index contributed by atoms with van der Waals surface area (Å²) in [4.78, 5) is 50.1. The molecule has 1 saturated heterocycles. The summed E-state index contributed by atoms with van der Waals surface area (Å²) in [5.74, 6) is -1.64. The largest absolute Gasteiger partial charge is 0.465 e. The lowest BCUT2D eigenvalue weighted by Gasteiger charge is -2.32. The van der Waals surface area contributed by atoms with Crippen LogP contribution in [0.3, 0.4) is 0 Å². The number of carbonyl (C=O) groups is 3. The predicted octanol–water partition coefficient (Wildman–Crippen LogP) is 4.78. The Bertz CT molecular complexity index is 1330. The number of halogens is 1. The number of carbonyl (C=O) groups excluding carboxylic acids is 3. The highest BCUT2D eigenvalue weighted by Crippen LogP contribution is 2.30. The van der Waals surface area contributed by atoms with E-state index in [0.29, 0.717) is 23.7 Å². The summed E-state index contributed by atoms with van der Waals surface area (Å²) in [5.41, 5.74) is 0.923. The monoisotopic (exact) mass is 525 g/mol. The molecule has 9 nitrogen and oxygen atoms in total. The second-order valence-electron chi connectivity index (χ2n) is 8.62. The van der Waals surface area contributed by atoms with Crippen molar-refractivity contribution in [3.05, 3.63) is 91.4 Å². The lowest BCUT2D eigenvalue weighted by atomic mass is 9.89. The maximum atomic E-state index is 13.7.